The van der Waals surface area contributed by atoms with E-state index in [1.54, 1.807) is 6.26 Å². The third kappa shape index (κ3) is 10.9. The van der Waals surface area contributed by atoms with Gasteiger partial charge in [0.05, 0.1) is 25.2 Å². The molecule has 0 saturated carbocycles. The molecule has 4 atom stereocenters. The van der Waals surface area contributed by atoms with Gasteiger partial charge < -0.3 is 42.0 Å². The van der Waals surface area contributed by atoms with E-state index in [9.17, 15) is 39.0 Å². The number of carbonyl (C=O) groups excluding carboxylic acids is 3. The lowest BCUT2D eigenvalue weighted by Gasteiger charge is -2.24. The zero-order chi connectivity index (χ0) is 26.5. The van der Waals surface area contributed by atoms with Gasteiger partial charge in [0.1, 0.15) is 18.1 Å². The molecule has 35 heavy (non-hydrogen) atoms. The number of carboxylic acid groups (broad SMARTS) is 3. The fourth-order valence-electron chi connectivity index (χ4n) is 2.81. The Morgan fingerprint density at radius 3 is 2.03 bits per heavy atom. The van der Waals surface area contributed by atoms with Crippen LogP contribution in [0.25, 0.3) is 0 Å². The van der Waals surface area contributed by atoms with Gasteiger partial charge in [-0.05, 0) is 18.4 Å². The SMILES string of the molecule is CSCCC(NC(=O)C(CC(=O)O)NC(=O)C(Cc1cnc[nH]1)NC(=O)C(N)CC(=O)O)C(=O)O. The molecule has 0 radical (unpaired) electrons. The molecule has 0 aromatic carbocycles. The van der Waals surface area contributed by atoms with E-state index >= 15 is 0 Å². The monoisotopic (exact) mass is 516 g/mol. The van der Waals surface area contributed by atoms with Gasteiger partial charge in [0, 0.05) is 18.3 Å². The number of carboxylic acids is 3. The molecular weight excluding hydrogens is 488 g/mol. The first-order valence-electron chi connectivity index (χ1n) is 10.2. The van der Waals surface area contributed by atoms with Crippen LogP contribution in [0.3, 0.4) is 0 Å². The van der Waals surface area contributed by atoms with Crippen molar-refractivity contribution in [3.05, 3.63) is 18.2 Å². The molecule has 0 fully saturated rings. The molecule has 0 aliphatic rings. The molecule has 1 aromatic rings. The number of aromatic amines is 1. The maximum atomic E-state index is 12.9. The molecule has 0 aliphatic carbocycles. The third-order valence-corrected chi connectivity index (χ3v) is 5.22. The van der Waals surface area contributed by atoms with Gasteiger partial charge in [-0.25, -0.2) is 9.78 Å². The lowest BCUT2D eigenvalue weighted by Crippen LogP contribution is -2.58. The van der Waals surface area contributed by atoms with Crippen molar-refractivity contribution in [2.24, 2.45) is 5.73 Å². The van der Waals surface area contributed by atoms with Crippen LogP contribution in [0.4, 0.5) is 0 Å². The smallest absolute Gasteiger partial charge is 0.326 e. The van der Waals surface area contributed by atoms with Gasteiger partial charge in [0.25, 0.3) is 0 Å². The molecule has 194 valence electrons. The molecular formula is C19H28N6O9S. The average Bonchev–Trinajstić information content (AvgIpc) is 3.27. The maximum absolute atomic E-state index is 12.9. The van der Waals surface area contributed by atoms with E-state index in [4.69, 9.17) is 10.8 Å². The second kappa shape index (κ2) is 14.6. The molecule has 3 amide bonds. The molecule has 0 bridgehead atoms. The zero-order valence-electron chi connectivity index (χ0n) is 18.7. The molecule has 1 aromatic heterocycles. The van der Waals surface area contributed by atoms with Crippen LogP contribution in [0.5, 0.6) is 0 Å². The predicted molar refractivity (Wildman–Crippen MR) is 121 cm³/mol. The lowest BCUT2D eigenvalue weighted by atomic mass is 10.1. The summed E-state index contributed by atoms with van der Waals surface area (Å²) in [5, 5.41) is 34.0. The number of imidazole rings is 1. The average molecular weight is 517 g/mol. The van der Waals surface area contributed by atoms with E-state index in [0.717, 1.165) is 0 Å². The second-order valence-electron chi connectivity index (χ2n) is 7.39. The number of carbonyl (C=O) groups is 6. The van der Waals surface area contributed by atoms with Crippen molar-refractivity contribution in [3.8, 4) is 0 Å². The minimum absolute atomic E-state index is 0.0654. The third-order valence-electron chi connectivity index (χ3n) is 4.58. The first kappa shape index (κ1) is 29.4. The summed E-state index contributed by atoms with van der Waals surface area (Å²) in [7, 11) is 0. The quantitative estimate of drug-likeness (QED) is 0.114. The van der Waals surface area contributed by atoms with Gasteiger partial charge >= 0.3 is 17.9 Å². The summed E-state index contributed by atoms with van der Waals surface area (Å²) >= 11 is 1.35. The topological polar surface area (TPSA) is 254 Å². The fraction of sp³-hybridized carbons (Fsp3) is 0.526. The minimum Gasteiger partial charge on any atom is -0.481 e. The second-order valence-corrected chi connectivity index (χ2v) is 8.37. The molecule has 4 unspecified atom stereocenters. The van der Waals surface area contributed by atoms with Crippen molar-refractivity contribution >= 4 is 47.4 Å². The van der Waals surface area contributed by atoms with Gasteiger partial charge in [0.2, 0.25) is 17.7 Å². The number of thioether (sulfide) groups is 1. The van der Waals surface area contributed by atoms with E-state index in [1.165, 1.54) is 24.3 Å². The van der Waals surface area contributed by atoms with Crippen molar-refractivity contribution in [1.82, 2.24) is 25.9 Å². The van der Waals surface area contributed by atoms with Crippen LogP contribution in [0.2, 0.25) is 0 Å². The highest BCUT2D eigenvalue weighted by Gasteiger charge is 2.32. The summed E-state index contributed by atoms with van der Waals surface area (Å²) in [6, 6.07) is -5.84. The fourth-order valence-corrected chi connectivity index (χ4v) is 3.28. The Bertz CT molecular complexity index is 911. The number of nitrogens with two attached hydrogens (primary N) is 1. The summed E-state index contributed by atoms with van der Waals surface area (Å²) in [4.78, 5) is 77.9. The number of nitrogens with zero attached hydrogens (tertiary/aromatic N) is 1. The number of amides is 3. The van der Waals surface area contributed by atoms with E-state index in [1.807, 2.05) is 0 Å². The number of hydrogen-bond acceptors (Lipinski definition) is 9. The highest BCUT2D eigenvalue weighted by atomic mass is 32.2. The Morgan fingerprint density at radius 1 is 0.943 bits per heavy atom. The van der Waals surface area contributed by atoms with E-state index in [0.29, 0.717) is 11.4 Å². The van der Waals surface area contributed by atoms with Crippen LogP contribution in [-0.4, -0.2) is 97.1 Å². The largest absolute Gasteiger partial charge is 0.481 e. The minimum atomic E-state index is -1.66. The van der Waals surface area contributed by atoms with Crippen molar-refractivity contribution in [2.45, 2.75) is 49.9 Å². The van der Waals surface area contributed by atoms with Crippen LogP contribution in [0.1, 0.15) is 25.0 Å². The predicted octanol–water partition coefficient (Wildman–Crippen LogP) is -2.48. The van der Waals surface area contributed by atoms with E-state index in [2.05, 4.69) is 25.9 Å². The summed E-state index contributed by atoms with van der Waals surface area (Å²) in [6.45, 7) is 0. The van der Waals surface area contributed by atoms with Gasteiger partial charge in [-0.3, -0.25) is 24.0 Å². The van der Waals surface area contributed by atoms with Gasteiger partial charge in [-0.15, -0.1) is 0 Å². The highest BCUT2D eigenvalue weighted by Crippen LogP contribution is 2.05. The zero-order valence-corrected chi connectivity index (χ0v) is 19.5. The van der Waals surface area contributed by atoms with Crippen LogP contribution in [0, 0.1) is 0 Å². The summed E-state index contributed by atoms with van der Waals surface area (Å²) in [5.41, 5.74) is 5.92. The molecule has 9 N–H and O–H groups in total. The van der Waals surface area contributed by atoms with Gasteiger partial charge in [0.15, 0.2) is 0 Å². The normalized spacial score (nSPS) is 14.1. The number of aliphatic carboxylic acids is 3. The Labute approximate surface area is 203 Å². The van der Waals surface area contributed by atoms with Crippen LogP contribution >= 0.6 is 11.8 Å². The van der Waals surface area contributed by atoms with Crippen molar-refractivity contribution in [3.63, 3.8) is 0 Å². The number of H-pyrrole nitrogens is 1. The Balaban J connectivity index is 3.04. The van der Waals surface area contributed by atoms with Crippen molar-refractivity contribution < 1.29 is 44.1 Å². The van der Waals surface area contributed by atoms with Crippen LogP contribution in [0.15, 0.2) is 12.5 Å². The maximum Gasteiger partial charge on any atom is 0.326 e. The Kier molecular flexibility index (Phi) is 12.2. The van der Waals surface area contributed by atoms with Crippen molar-refractivity contribution in [1.29, 1.82) is 0 Å². The molecule has 15 nitrogen and oxygen atoms in total. The number of aromatic nitrogens is 2. The molecule has 0 aliphatic heterocycles. The van der Waals surface area contributed by atoms with Gasteiger partial charge in [-0.2, -0.15) is 11.8 Å². The molecule has 0 saturated heterocycles. The first-order chi connectivity index (χ1) is 16.4. The number of nitrogens with one attached hydrogen (secondary N) is 4. The Morgan fingerprint density at radius 2 is 1.51 bits per heavy atom. The molecule has 1 rings (SSSR count). The summed E-state index contributed by atoms with van der Waals surface area (Å²) in [5.74, 6) is -6.69. The van der Waals surface area contributed by atoms with Crippen molar-refractivity contribution in [2.75, 3.05) is 12.0 Å². The Hall–Kier alpha value is -3.66. The lowest BCUT2D eigenvalue weighted by molar-refractivity contribution is -0.143. The van der Waals surface area contributed by atoms with E-state index < -0.39 is 72.6 Å². The molecule has 1 heterocycles. The van der Waals surface area contributed by atoms with Gasteiger partial charge in [-0.1, -0.05) is 0 Å². The van der Waals surface area contributed by atoms with Crippen LogP contribution < -0.4 is 21.7 Å². The molecule has 0 spiro atoms. The van der Waals surface area contributed by atoms with E-state index in [-0.39, 0.29) is 12.8 Å². The standard InChI is InChI=1S/C19H28N6O9S/c1-35-3-2-11(19(33)34)23-18(32)13(6-15(28)29)25-17(31)12(4-9-7-21-8-22-9)24-16(30)10(20)5-14(26)27/h7-8,10-13H,2-6,20H2,1H3,(H,21,22)(H,23,32)(H,24,30)(H,25,31)(H,26,27)(H,28,29)(H,33,34). The highest BCUT2D eigenvalue weighted by molar-refractivity contribution is 7.98. The number of hydrogen-bond donors (Lipinski definition) is 8. The first-order valence-corrected chi connectivity index (χ1v) is 11.6. The summed E-state index contributed by atoms with van der Waals surface area (Å²) < 4.78 is 0. The summed E-state index contributed by atoms with van der Waals surface area (Å²) in [6.07, 6.45) is 2.72. The molecule has 16 heteroatoms. The van der Waals surface area contributed by atoms with Crippen LogP contribution in [-0.2, 0) is 35.2 Å². The number of rotatable bonds is 16.